The molecule has 116 valence electrons. The summed E-state index contributed by atoms with van der Waals surface area (Å²) in [7, 11) is 0. The maximum absolute atomic E-state index is 5.86. The van der Waals surface area contributed by atoms with Gasteiger partial charge in [0.2, 0.25) is 0 Å². The summed E-state index contributed by atoms with van der Waals surface area (Å²) < 4.78 is 11.7. The molecule has 0 fully saturated rings. The highest BCUT2D eigenvalue weighted by atomic mass is 16.5. The number of ether oxygens (including phenoxy) is 2. The van der Waals surface area contributed by atoms with Crippen LogP contribution in [0.5, 0.6) is 11.5 Å². The van der Waals surface area contributed by atoms with Crippen LogP contribution in [0.25, 0.3) is 6.08 Å². The third kappa shape index (κ3) is 4.24. The first-order valence-electron chi connectivity index (χ1n) is 7.86. The molecule has 0 bridgehead atoms. The highest BCUT2D eigenvalue weighted by molar-refractivity contribution is 5.64. The van der Waals surface area contributed by atoms with E-state index in [2.05, 4.69) is 51.2 Å². The van der Waals surface area contributed by atoms with Crippen molar-refractivity contribution in [3.8, 4) is 11.5 Å². The summed E-state index contributed by atoms with van der Waals surface area (Å²) in [5.41, 5.74) is 3.64. The first kappa shape index (κ1) is 15.9. The van der Waals surface area contributed by atoms with Crippen LogP contribution in [-0.4, -0.2) is 25.3 Å². The third-order valence-electron chi connectivity index (χ3n) is 3.52. The maximum atomic E-state index is 5.86. The molecule has 21 heavy (non-hydrogen) atoms. The van der Waals surface area contributed by atoms with Crippen LogP contribution < -0.4 is 14.8 Å². The molecule has 1 aliphatic heterocycles. The van der Waals surface area contributed by atoms with Crippen LogP contribution in [0.15, 0.2) is 17.7 Å². The Labute approximate surface area is 128 Å². The molecule has 3 heteroatoms. The molecule has 3 nitrogen and oxygen atoms in total. The van der Waals surface area contributed by atoms with Gasteiger partial charge in [-0.15, -0.1) is 0 Å². The van der Waals surface area contributed by atoms with Crippen LogP contribution in [0.1, 0.15) is 45.7 Å². The topological polar surface area (TPSA) is 30.5 Å². The van der Waals surface area contributed by atoms with Crippen molar-refractivity contribution >= 4 is 6.08 Å². The van der Waals surface area contributed by atoms with Gasteiger partial charge in [-0.1, -0.05) is 25.5 Å². The van der Waals surface area contributed by atoms with Crippen molar-refractivity contribution in [2.24, 2.45) is 0 Å². The summed E-state index contributed by atoms with van der Waals surface area (Å²) in [5, 5.41) is 3.44. The van der Waals surface area contributed by atoms with E-state index in [1.807, 2.05) is 6.92 Å². The molecule has 0 aromatic heterocycles. The number of hydrogen-bond acceptors (Lipinski definition) is 3. The molecule has 0 saturated carbocycles. The standard InChI is InChI=1S/C18H27NO2/c1-6-20-17-9-16-8-14(5)21-18(16)10-15(17)7-13(4)11-19-12(2)3/h7,9-10,12,14,19H,6,8,11H2,1-5H3. The average Bonchev–Trinajstić information content (AvgIpc) is 2.76. The summed E-state index contributed by atoms with van der Waals surface area (Å²) in [4.78, 5) is 0. The van der Waals surface area contributed by atoms with E-state index in [-0.39, 0.29) is 6.10 Å². The molecule has 1 aromatic carbocycles. The first-order valence-corrected chi connectivity index (χ1v) is 7.86. The predicted octanol–water partition coefficient (Wildman–Crippen LogP) is 3.81. The Bertz CT molecular complexity index is 520. The summed E-state index contributed by atoms with van der Waals surface area (Å²) in [6, 6.07) is 4.74. The molecule has 0 amide bonds. The number of fused-ring (bicyclic) bond motifs is 1. The van der Waals surface area contributed by atoms with Crippen molar-refractivity contribution in [2.45, 2.75) is 53.2 Å². The molecular formula is C18H27NO2. The van der Waals surface area contributed by atoms with Crippen molar-refractivity contribution < 1.29 is 9.47 Å². The van der Waals surface area contributed by atoms with Gasteiger partial charge in [0.25, 0.3) is 0 Å². The molecule has 1 aromatic rings. The SMILES string of the molecule is CCOc1cc2c(cc1C=C(C)CNC(C)C)OC(C)C2. The van der Waals surface area contributed by atoms with Crippen molar-refractivity contribution in [3.63, 3.8) is 0 Å². The Morgan fingerprint density at radius 2 is 2.24 bits per heavy atom. The zero-order chi connectivity index (χ0) is 15.4. The molecule has 2 rings (SSSR count). The second kappa shape index (κ2) is 6.99. The van der Waals surface area contributed by atoms with Gasteiger partial charge in [0.05, 0.1) is 6.61 Å². The van der Waals surface area contributed by atoms with Crippen LogP contribution >= 0.6 is 0 Å². The number of nitrogens with one attached hydrogen (secondary N) is 1. The number of benzene rings is 1. The molecule has 1 unspecified atom stereocenters. The predicted molar refractivity (Wildman–Crippen MR) is 88.2 cm³/mol. The van der Waals surface area contributed by atoms with Gasteiger partial charge in [-0.05, 0) is 32.9 Å². The fraction of sp³-hybridized carbons (Fsp3) is 0.556. The van der Waals surface area contributed by atoms with Crippen LogP contribution in [0.4, 0.5) is 0 Å². The maximum Gasteiger partial charge on any atom is 0.127 e. The molecule has 1 N–H and O–H groups in total. The van der Waals surface area contributed by atoms with Gasteiger partial charge in [0, 0.05) is 30.1 Å². The van der Waals surface area contributed by atoms with Gasteiger partial charge in [0.15, 0.2) is 0 Å². The third-order valence-corrected chi connectivity index (χ3v) is 3.52. The van der Waals surface area contributed by atoms with E-state index in [1.54, 1.807) is 0 Å². The highest BCUT2D eigenvalue weighted by Gasteiger charge is 2.21. The van der Waals surface area contributed by atoms with Crippen molar-refractivity contribution in [1.29, 1.82) is 0 Å². The minimum absolute atomic E-state index is 0.261. The second-order valence-electron chi connectivity index (χ2n) is 6.09. The van der Waals surface area contributed by atoms with Crippen molar-refractivity contribution in [3.05, 3.63) is 28.8 Å². The van der Waals surface area contributed by atoms with E-state index in [4.69, 9.17) is 9.47 Å². The van der Waals surface area contributed by atoms with Gasteiger partial charge in [0.1, 0.15) is 17.6 Å². The normalized spacial score (nSPS) is 17.8. The van der Waals surface area contributed by atoms with E-state index in [0.717, 1.165) is 30.0 Å². The highest BCUT2D eigenvalue weighted by Crippen LogP contribution is 2.36. The minimum atomic E-state index is 0.261. The molecule has 0 aliphatic carbocycles. The summed E-state index contributed by atoms with van der Waals surface area (Å²) in [6.45, 7) is 12.1. The molecular weight excluding hydrogens is 262 g/mol. The van der Waals surface area contributed by atoms with Crippen molar-refractivity contribution in [2.75, 3.05) is 13.2 Å². The van der Waals surface area contributed by atoms with Crippen LogP contribution in [0, 0.1) is 0 Å². The molecule has 1 atom stereocenters. The number of hydrogen-bond donors (Lipinski definition) is 1. The van der Waals surface area contributed by atoms with Gasteiger partial charge in [-0.3, -0.25) is 0 Å². The van der Waals surface area contributed by atoms with E-state index in [1.165, 1.54) is 11.1 Å². The van der Waals surface area contributed by atoms with E-state index in [9.17, 15) is 0 Å². The average molecular weight is 289 g/mol. The van der Waals surface area contributed by atoms with E-state index < -0.39 is 0 Å². The van der Waals surface area contributed by atoms with Gasteiger partial charge >= 0.3 is 0 Å². The quantitative estimate of drug-likeness (QED) is 0.864. The molecule has 0 radical (unpaired) electrons. The Balaban J connectivity index is 2.25. The lowest BCUT2D eigenvalue weighted by molar-refractivity contribution is 0.254. The van der Waals surface area contributed by atoms with Crippen LogP contribution in [-0.2, 0) is 6.42 Å². The van der Waals surface area contributed by atoms with Crippen molar-refractivity contribution in [1.82, 2.24) is 5.32 Å². The van der Waals surface area contributed by atoms with E-state index >= 15 is 0 Å². The Morgan fingerprint density at radius 1 is 1.48 bits per heavy atom. The lowest BCUT2D eigenvalue weighted by atomic mass is 10.0. The summed E-state index contributed by atoms with van der Waals surface area (Å²) in [6.07, 6.45) is 3.41. The van der Waals surface area contributed by atoms with Crippen LogP contribution in [0.2, 0.25) is 0 Å². The largest absolute Gasteiger partial charge is 0.493 e. The monoisotopic (exact) mass is 289 g/mol. The fourth-order valence-corrected chi connectivity index (χ4v) is 2.53. The first-order chi connectivity index (χ1) is 9.99. The molecule has 1 heterocycles. The molecule has 0 spiro atoms. The summed E-state index contributed by atoms with van der Waals surface area (Å²) >= 11 is 0. The zero-order valence-corrected chi connectivity index (χ0v) is 13.8. The minimum Gasteiger partial charge on any atom is -0.493 e. The Morgan fingerprint density at radius 3 is 2.90 bits per heavy atom. The Hall–Kier alpha value is -1.48. The molecule has 1 aliphatic rings. The van der Waals surface area contributed by atoms with Gasteiger partial charge < -0.3 is 14.8 Å². The fourth-order valence-electron chi connectivity index (χ4n) is 2.53. The Kier molecular flexibility index (Phi) is 5.29. The van der Waals surface area contributed by atoms with Gasteiger partial charge in [-0.25, -0.2) is 0 Å². The second-order valence-corrected chi connectivity index (χ2v) is 6.09. The van der Waals surface area contributed by atoms with Gasteiger partial charge in [-0.2, -0.15) is 0 Å². The number of rotatable bonds is 6. The lowest BCUT2D eigenvalue weighted by Crippen LogP contribution is -2.24. The van der Waals surface area contributed by atoms with E-state index in [0.29, 0.717) is 12.6 Å². The summed E-state index contributed by atoms with van der Waals surface area (Å²) in [5.74, 6) is 1.96. The molecule has 0 saturated heterocycles. The van der Waals surface area contributed by atoms with Crippen LogP contribution in [0.3, 0.4) is 0 Å². The zero-order valence-electron chi connectivity index (χ0n) is 13.8. The lowest BCUT2D eigenvalue weighted by Gasteiger charge is -2.12. The smallest absolute Gasteiger partial charge is 0.127 e.